The van der Waals surface area contributed by atoms with E-state index in [9.17, 15) is 0 Å². The van der Waals surface area contributed by atoms with Crippen LogP contribution >= 0.6 is 11.3 Å². The normalized spacial score (nSPS) is 10.4. The van der Waals surface area contributed by atoms with E-state index in [2.05, 4.69) is 15.0 Å². The van der Waals surface area contributed by atoms with Crippen LogP contribution in [0.5, 0.6) is 0 Å². The second-order valence-corrected chi connectivity index (χ2v) is 4.77. The summed E-state index contributed by atoms with van der Waals surface area (Å²) in [6, 6.07) is 7.75. The molecular weight excluding hydrogens is 244 g/mol. The van der Waals surface area contributed by atoms with E-state index in [0.717, 1.165) is 26.8 Å². The van der Waals surface area contributed by atoms with E-state index in [0.29, 0.717) is 0 Å². The van der Waals surface area contributed by atoms with E-state index in [4.69, 9.17) is 5.73 Å². The van der Waals surface area contributed by atoms with Gasteiger partial charge >= 0.3 is 0 Å². The number of hydrogen-bond donors (Lipinski definition) is 1. The SMILES string of the molecule is Nc1ccc(-c2cnc(-c3cnccn3)s2)cc1. The van der Waals surface area contributed by atoms with E-state index in [1.165, 1.54) is 0 Å². The van der Waals surface area contributed by atoms with Crippen molar-refractivity contribution in [3.8, 4) is 21.1 Å². The van der Waals surface area contributed by atoms with Gasteiger partial charge in [0, 0.05) is 24.3 Å². The molecule has 0 amide bonds. The molecule has 2 N–H and O–H groups in total. The Hall–Kier alpha value is -2.27. The maximum atomic E-state index is 5.67. The standard InChI is InChI=1S/C13H10N4S/c14-10-3-1-9(2-4-10)12-8-17-13(18-12)11-7-15-5-6-16-11/h1-8H,14H2. The summed E-state index contributed by atoms with van der Waals surface area (Å²) in [4.78, 5) is 13.7. The average molecular weight is 254 g/mol. The minimum atomic E-state index is 0.761. The molecule has 0 aliphatic rings. The Morgan fingerprint density at radius 1 is 0.944 bits per heavy atom. The highest BCUT2D eigenvalue weighted by Crippen LogP contribution is 2.30. The van der Waals surface area contributed by atoms with Gasteiger partial charge in [-0.05, 0) is 17.7 Å². The van der Waals surface area contributed by atoms with Crippen LogP contribution in [0, 0.1) is 0 Å². The fraction of sp³-hybridized carbons (Fsp3) is 0. The van der Waals surface area contributed by atoms with Crippen molar-refractivity contribution in [2.24, 2.45) is 0 Å². The van der Waals surface area contributed by atoms with Crippen LogP contribution in [0.2, 0.25) is 0 Å². The predicted octanol–water partition coefficient (Wildman–Crippen LogP) is 2.85. The van der Waals surface area contributed by atoms with Gasteiger partial charge in [0.05, 0.1) is 11.1 Å². The third-order valence-electron chi connectivity index (χ3n) is 2.48. The summed E-state index contributed by atoms with van der Waals surface area (Å²) in [5.41, 5.74) is 8.34. The van der Waals surface area contributed by atoms with Crippen LogP contribution < -0.4 is 5.73 Å². The van der Waals surface area contributed by atoms with Gasteiger partial charge in [0.1, 0.15) is 10.7 Å². The van der Waals surface area contributed by atoms with Crippen molar-refractivity contribution in [1.82, 2.24) is 15.0 Å². The average Bonchev–Trinajstić information content (AvgIpc) is 2.90. The fourth-order valence-corrected chi connectivity index (χ4v) is 2.47. The zero-order chi connectivity index (χ0) is 12.4. The molecule has 2 aromatic heterocycles. The number of nitrogen functional groups attached to an aromatic ring is 1. The topological polar surface area (TPSA) is 64.7 Å². The molecule has 4 nitrogen and oxygen atoms in total. The predicted molar refractivity (Wildman–Crippen MR) is 73.0 cm³/mol. The summed E-state index contributed by atoms with van der Waals surface area (Å²) in [7, 11) is 0. The summed E-state index contributed by atoms with van der Waals surface area (Å²) in [5, 5.41) is 0.870. The Labute approximate surface area is 108 Å². The van der Waals surface area contributed by atoms with E-state index in [-0.39, 0.29) is 0 Å². The molecule has 0 spiro atoms. The summed E-state index contributed by atoms with van der Waals surface area (Å²) >= 11 is 1.59. The molecule has 0 atom stereocenters. The summed E-state index contributed by atoms with van der Waals surface area (Å²) in [6.07, 6.45) is 6.88. The number of anilines is 1. The lowest BCUT2D eigenvalue weighted by Crippen LogP contribution is -1.82. The Bertz CT molecular complexity index is 646. The molecule has 0 radical (unpaired) electrons. The largest absolute Gasteiger partial charge is 0.399 e. The molecule has 0 fully saturated rings. The first-order valence-corrected chi connectivity index (χ1v) is 6.23. The Morgan fingerprint density at radius 2 is 1.78 bits per heavy atom. The first-order chi connectivity index (χ1) is 8.83. The molecule has 0 aliphatic carbocycles. The zero-order valence-electron chi connectivity index (χ0n) is 9.45. The molecule has 0 saturated carbocycles. The van der Waals surface area contributed by atoms with Gasteiger partial charge in [0.25, 0.3) is 0 Å². The first-order valence-electron chi connectivity index (χ1n) is 5.41. The Kier molecular flexibility index (Phi) is 2.74. The zero-order valence-corrected chi connectivity index (χ0v) is 10.3. The number of rotatable bonds is 2. The van der Waals surface area contributed by atoms with Crippen molar-refractivity contribution in [3.63, 3.8) is 0 Å². The van der Waals surface area contributed by atoms with Gasteiger partial charge in [0.15, 0.2) is 0 Å². The number of hydrogen-bond acceptors (Lipinski definition) is 5. The van der Waals surface area contributed by atoms with Crippen LogP contribution in [-0.2, 0) is 0 Å². The quantitative estimate of drug-likeness (QED) is 0.714. The summed E-state index contributed by atoms with van der Waals surface area (Å²) < 4.78 is 0. The number of aromatic nitrogens is 3. The van der Waals surface area contributed by atoms with E-state index in [1.807, 2.05) is 30.5 Å². The number of nitrogens with two attached hydrogens (primary N) is 1. The summed E-state index contributed by atoms with van der Waals surface area (Å²) in [5.74, 6) is 0. The second-order valence-electron chi connectivity index (χ2n) is 3.74. The molecule has 3 aromatic rings. The molecule has 3 rings (SSSR count). The van der Waals surface area contributed by atoms with Gasteiger partial charge in [-0.15, -0.1) is 11.3 Å². The van der Waals surface area contributed by atoms with Gasteiger partial charge in [-0.2, -0.15) is 0 Å². The lowest BCUT2D eigenvalue weighted by Gasteiger charge is -1.96. The maximum Gasteiger partial charge on any atom is 0.143 e. The molecular formula is C13H10N4S. The van der Waals surface area contributed by atoms with Crippen LogP contribution in [0.15, 0.2) is 49.1 Å². The first kappa shape index (κ1) is 10.9. The lowest BCUT2D eigenvalue weighted by molar-refractivity contribution is 1.19. The van der Waals surface area contributed by atoms with Gasteiger partial charge in [-0.3, -0.25) is 9.97 Å². The molecule has 0 saturated heterocycles. The molecule has 18 heavy (non-hydrogen) atoms. The third-order valence-corrected chi connectivity index (χ3v) is 3.55. The second kappa shape index (κ2) is 4.54. The van der Waals surface area contributed by atoms with Gasteiger partial charge in [-0.25, -0.2) is 4.98 Å². The minimum absolute atomic E-state index is 0.761. The van der Waals surface area contributed by atoms with Crippen molar-refractivity contribution in [3.05, 3.63) is 49.1 Å². The molecule has 1 aromatic carbocycles. The number of benzene rings is 1. The highest BCUT2D eigenvalue weighted by Gasteiger charge is 2.07. The van der Waals surface area contributed by atoms with E-state index in [1.54, 1.807) is 29.9 Å². The molecule has 88 valence electrons. The van der Waals surface area contributed by atoms with Crippen LogP contribution in [-0.4, -0.2) is 15.0 Å². The van der Waals surface area contributed by atoms with Crippen molar-refractivity contribution < 1.29 is 0 Å². The highest BCUT2D eigenvalue weighted by atomic mass is 32.1. The van der Waals surface area contributed by atoms with Gasteiger partial charge < -0.3 is 5.73 Å². The lowest BCUT2D eigenvalue weighted by atomic mass is 10.2. The molecule has 5 heteroatoms. The van der Waals surface area contributed by atoms with Crippen molar-refractivity contribution in [2.45, 2.75) is 0 Å². The van der Waals surface area contributed by atoms with Crippen LogP contribution in [0.4, 0.5) is 5.69 Å². The number of nitrogens with zero attached hydrogens (tertiary/aromatic N) is 3. The highest BCUT2D eigenvalue weighted by molar-refractivity contribution is 7.18. The Balaban J connectivity index is 1.97. The van der Waals surface area contributed by atoms with Crippen LogP contribution in [0.25, 0.3) is 21.1 Å². The Morgan fingerprint density at radius 3 is 2.50 bits per heavy atom. The minimum Gasteiger partial charge on any atom is -0.399 e. The monoisotopic (exact) mass is 254 g/mol. The summed E-state index contributed by atoms with van der Waals surface area (Å²) in [6.45, 7) is 0. The van der Waals surface area contributed by atoms with E-state index < -0.39 is 0 Å². The van der Waals surface area contributed by atoms with Crippen molar-refractivity contribution in [1.29, 1.82) is 0 Å². The molecule has 0 aliphatic heterocycles. The van der Waals surface area contributed by atoms with Crippen molar-refractivity contribution >= 4 is 17.0 Å². The van der Waals surface area contributed by atoms with Crippen LogP contribution in [0.1, 0.15) is 0 Å². The smallest absolute Gasteiger partial charge is 0.143 e. The molecule has 0 bridgehead atoms. The maximum absolute atomic E-state index is 5.67. The van der Waals surface area contributed by atoms with Crippen LogP contribution in [0.3, 0.4) is 0 Å². The van der Waals surface area contributed by atoms with Gasteiger partial charge in [0.2, 0.25) is 0 Å². The third kappa shape index (κ3) is 2.08. The van der Waals surface area contributed by atoms with Crippen molar-refractivity contribution in [2.75, 3.05) is 5.73 Å². The molecule has 0 unspecified atom stereocenters. The molecule has 2 heterocycles. The fourth-order valence-electron chi connectivity index (χ4n) is 1.58. The van der Waals surface area contributed by atoms with E-state index >= 15 is 0 Å². The number of thiazole rings is 1. The van der Waals surface area contributed by atoms with Gasteiger partial charge in [-0.1, -0.05) is 12.1 Å².